The number of nitrogens with zero attached hydrogens (tertiary/aromatic N) is 1. The minimum Gasteiger partial charge on any atom is -0.383 e. The summed E-state index contributed by atoms with van der Waals surface area (Å²) in [6.45, 7) is 3.13. The molecule has 0 radical (unpaired) electrons. The van der Waals surface area contributed by atoms with Gasteiger partial charge in [0, 0.05) is 30.8 Å². The molecule has 6 heteroatoms. The number of carbonyl (C=O) groups is 1. The Labute approximate surface area is 127 Å². The summed E-state index contributed by atoms with van der Waals surface area (Å²) in [6.07, 6.45) is 0. The largest absolute Gasteiger partial charge is 0.383 e. The average Bonchev–Trinajstić information content (AvgIpc) is 2.38. The summed E-state index contributed by atoms with van der Waals surface area (Å²) < 4.78 is 24.0. The number of halogens is 2. The van der Waals surface area contributed by atoms with Gasteiger partial charge in [-0.1, -0.05) is 15.9 Å². The number of carbonyl (C=O) groups excluding carboxylic acids is 1. The smallest absolute Gasteiger partial charge is 0.254 e. The number of benzene rings is 1. The zero-order chi connectivity index (χ0) is 15.1. The second kappa shape index (κ2) is 8.34. The molecule has 0 saturated carbocycles. The van der Waals surface area contributed by atoms with E-state index in [0.29, 0.717) is 29.8 Å². The van der Waals surface area contributed by atoms with Crippen LogP contribution in [-0.4, -0.2) is 50.8 Å². The normalized spacial score (nSPS) is 12.2. The van der Waals surface area contributed by atoms with Crippen LogP contribution >= 0.6 is 15.9 Å². The molecule has 20 heavy (non-hydrogen) atoms. The van der Waals surface area contributed by atoms with Crippen molar-refractivity contribution in [2.45, 2.75) is 13.0 Å². The Bertz CT molecular complexity index is 436. The summed E-state index contributed by atoms with van der Waals surface area (Å²) in [5, 5.41) is 0. The van der Waals surface area contributed by atoms with E-state index in [1.807, 2.05) is 6.92 Å². The summed E-state index contributed by atoms with van der Waals surface area (Å²) in [5.74, 6) is -0.694. The standard InChI is InChI=1S/C14H19BrFNO3/c1-10(9-20-3)17(4-5-19-2)14(18)11-6-12(15)8-13(16)7-11/h6-8,10H,4-5,9H2,1-3H3/t10-/m1/s1. The summed E-state index contributed by atoms with van der Waals surface area (Å²) in [7, 11) is 3.15. The van der Waals surface area contributed by atoms with E-state index in [1.54, 1.807) is 25.2 Å². The van der Waals surface area contributed by atoms with Crippen molar-refractivity contribution in [3.8, 4) is 0 Å². The van der Waals surface area contributed by atoms with Crippen LogP contribution in [-0.2, 0) is 9.47 Å². The molecule has 0 saturated heterocycles. The van der Waals surface area contributed by atoms with Gasteiger partial charge in [-0.15, -0.1) is 0 Å². The molecule has 1 aromatic carbocycles. The third kappa shape index (κ3) is 4.85. The highest BCUT2D eigenvalue weighted by molar-refractivity contribution is 9.10. The maximum Gasteiger partial charge on any atom is 0.254 e. The zero-order valence-corrected chi connectivity index (χ0v) is 13.4. The third-order valence-electron chi connectivity index (χ3n) is 2.85. The van der Waals surface area contributed by atoms with Crippen molar-refractivity contribution in [3.05, 3.63) is 34.1 Å². The molecule has 1 atom stereocenters. The zero-order valence-electron chi connectivity index (χ0n) is 11.9. The molecule has 4 nitrogen and oxygen atoms in total. The first-order chi connectivity index (χ1) is 9.49. The Morgan fingerprint density at radius 3 is 2.60 bits per heavy atom. The van der Waals surface area contributed by atoms with Crippen LogP contribution in [0.5, 0.6) is 0 Å². The predicted octanol–water partition coefficient (Wildman–Crippen LogP) is 2.71. The monoisotopic (exact) mass is 347 g/mol. The van der Waals surface area contributed by atoms with Crippen molar-refractivity contribution in [2.24, 2.45) is 0 Å². The van der Waals surface area contributed by atoms with Crippen molar-refractivity contribution < 1.29 is 18.7 Å². The molecule has 0 aromatic heterocycles. The number of amides is 1. The van der Waals surface area contributed by atoms with Gasteiger partial charge in [-0.05, 0) is 25.1 Å². The minimum absolute atomic E-state index is 0.121. The Balaban J connectivity index is 2.96. The lowest BCUT2D eigenvalue weighted by molar-refractivity contribution is 0.0479. The van der Waals surface area contributed by atoms with Crippen LogP contribution in [0.25, 0.3) is 0 Å². The van der Waals surface area contributed by atoms with Gasteiger partial charge >= 0.3 is 0 Å². The fourth-order valence-electron chi connectivity index (χ4n) is 1.89. The van der Waals surface area contributed by atoms with Gasteiger partial charge in [-0.2, -0.15) is 0 Å². The van der Waals surface area contributed by atoms with Gasteiger partial charge in [-0.25, -0.2) is 4.39 Å². The number of methoxy groups -OCH3 is 2. The quantitative estimate of drug-likeness (QED) is 0.761. The molecule has 0 aliphatic rings. The SMILES string of the molecule is COCCN(C(=O)c1cc(F)cc(Br)c1)[C@H](C)COC. The molecule has 112 valence electrons. The molecule has 0 bridgehead atoms. The van der Waals surface area contributed by atoms with E-state index in [2.05, 4.69) is 15.9 Å². The van der Waals surface area contributed by atoms with E-state index in [9.17, 15) is 9.18 Å². The minimum atomic E-state index is -0.450. The first kappa shape index (κ1) is 17.1. The maximum atomic E-state index is 13.4. The maximum absolute atomic E-state index is 13.4. The van der Waals surface area contributed by atoms with Crippen molar-refractivity contribution in [2.75, 3.05) is 34.0 Å². The fourth-order valence-corrected chi connectivity index (χ4v) is 2.35. The molecule has 0 aliphatic heterocycles. The van der Waals surface area contributed by atoms with Crippen molar-refractivity contribution >= 4 is 21.8 Å². The van der Waals surface area contributed by atoms with E-state index < -0.39 is 5.82 Å². The van der Waals surface area contributed by atoms with Gasteiger partial charge in [0.15, 0.2) is 0 Å². The fraction of sp³-hybridized carbons (Fsp3) is 0.500. The first-order valence-corrected chi connectivity index (χ1v) is 7.03. The lowest BCUT2D eigenvalue weighted by atomic mass is 10.1. The summed E-state index contributed by atoms with van der Waals surface area (Å²) >= 11 is 3.19. The first-order valence-electron chi connectivity index (χ1n) is 6.24. The van der Waals surface area contributed by atoms with Gasteiger partial charge in [0.25, 0.3) is 5.91 Å². The number of hydrogen-bond acceptors (Lipinski definition) is 3. The molecular formula is C14H19BrFNO3. The Morgan fingerprint density at radius 1 is 1.35 bits per heavy atom. The second-order valence-corrected chi connectivity index (χ2v) is 5.37. The highest BCUT2D eigenvalue weighted by atomic mass is 79.9. The van der Waals surface area contributed by atoms with Crippen molar-refractivity contribution in [1.82, 2.24) is 4.90 Å². The second-order valence-electron chi connectivity index (χ2n) is 4.45. The van der Waals surface area contributed by atoms with E-state index >= 15 is 0 Å². The van der Waals surface area contributed by atoms with Crippen LogP contribution in [0.15, 0.2) is 22.7 Å². The topological polar surface area (TPSA) is 38.8 Å². The van der Waals surface area contributed by atoms with Crippen LogP contribution in [0.1, 0.15) is 17.3 Å². The Hall–Kier alpha value is -0.980. The van der Waals surface area contributed by atoms with Crippen LogP contribution in [0, 0.1) is 5.82 Å². The van der Waals surface area contributed by atoms with E-state index in [-0.39, 0.29) is 11.9 Å². The molecule has 0 unspecified atom stereocenters. The van der Waals surface area contributed by atoms with Crippen LogP contribution in [0.4, 0.5) is 4.39 Å². The van der Waals surface area contributed by atoms with E-state index in [0.717, 1.165) is 0 Å². The summed E-state index contributed by atoms with van der Waals surface area (Å²) in [6, 6.07) is 4.02. The summed E-state index contributed by atoms with van der Waals surface area (Å²) in [5.41, 5.74) is 0.302. The molecule has 0 fully saturated rings. The molecule has 1 aromatic rings. The molecular weight excluding hydrogens is 329 g/mol. The van der Waals surface area contributed by atoms with E-state index in [4.69, 9.17) is 9.47 Å². The van der Waals surface area contributed by atoms with Crippen molar-refractivity contribution in [1.29, 1.82) is 0 Å². The van der Waals surface area contributed by atoms with Gasteiger partial charge in [0.05, 0.1) is 19.3 Å². The number of rotatable bonds is 7. The predicted molar refractivity (Wildman–Crippen MR) is 78.4 cm³/mol. The Kier molecular flexibility index (Phi) is 7.12. The third-order valence-corrected chi connectivity index (χ3v) is 3.30. The molecule has 1 amide bonds. The van der Waals surface area contributed by atoms with Crippen LogP contribution in [0.2, 0.25) is 0 Å². The van der Waals surface area contributed by atoms with Gasteiger partial charge < -0.3 is 14.4 Å². The van der Waals surface area contributed by atoms with Crippen LogP contribution in [0.3, 0.4) is 0 Å². The van der Waals surface area contributed by atoms with Gasteiger partial charge in [0.1, 0.15) is 5.82 Å². The van der Waals surface area contributed by atoms with Crippen molar-refractivity contribution in [3.63, 3.8) is 0 Å². The highest BCUT2D eigenvalue weighted by Gasteiger charge is 2.22. The van der Waals surface area contributed by atoms with Gasteiger partial charge in [0.2, 0.25) is 0 Å². The molecule has 0 N–H and O–H groups in total. The lowest BCUT2D eigenvalue weighted by Gasteiger charge is -2.28. The Morgan fingerprint density at radius 2 is 2.05 bits per heavy atom. The average molecular weight is 348 g/mol. The molecule has 0 aliphatic carbocycles. The number of ether oxygens (including phenoxy) is 2. The summed E-state index contributed by atoms with van der Waals surface area (Å²) in [4.78, 5) is 14.1. The number of hydrogen-bond donors (Lipinski definition) is 0. The molecule has 0 spiro atoms. The van der Waals surface area contributed by atoms with Gasteiger partial charge in [-0.3, -0.25) is 4.79 Å². The lowest BCUT2D eigenvalue weighted by Crippen LogP contribution is -2.43. The highest BCUT2D eigenvalue weighted by Crippen LogP contribution is 2.17. The van der Waals surface area contributed by atoms with E-state index in [1.165, 1.54) is 12.1 Å². The van der Waals surface area contributed by atoms with Crippen LogP contribution < -0.4 is 0 Å². The molecule has 0 heterocycles. The molecule has 1 rings (SSSR count).